The summed E-state index contributed by atoms with van der Waals surface area (Å²) < 4.78 is 0. The number of hydrogen-bond donors (Lipinski definition) is 0. The van der Waals surface area contributed by atoms with Gasteiger partial charge in [-0.1, -0.05) is 19.1 Å². The van der Waals surface area contributed by atoms with Gasteiger partial charge in [0.25, 0.3) is 0 Å². The Balaban J connectivity index is 1.35. The van der Waals surface area contributed by atoms with E-state index in [0.717, 1.165) is 35.5 Å². The average molecular weight is 231 g/mol. The predicted octanol–water partition coefficient (Wildman–Crippen LogP) is 3.18. The molecule has 1 saturated heterocycles. The van der Waals surface area contributed by atoms with Gasteiger partial charge in [-0.05, 0) is 61.2 Å². The minimum absolute atomic E-state index is 0.944. The van der Waals surface area contributed by atoms with Crippen molar-refractivity contribution in [3.05, 3.63) is 12.2 Å². The number of likely N-dealkylation sites (tertiary alicyclic amines) is 1. The molecule has 4 aliphatic rings. The maximum atomic E-state index is 2.81. The first-order chi connectivity index (χ1) is 8.28. The Morgan fingerprint density at radius 3 is 2.35 bits per heavy atom. The molecule has 3 fully saturated rings. The maximum Gasteiger partial charge on any atom is 0.00157 e. The number of rotatable bonds is 2. The lowest BCUT2D eigenvalue weighted by atomic mass is 9.93. The molecule has 0 N–H and O–H groups in total. The Hall–Kier alpha value is -0.300. The van der Waals surface area contributed by atoms with E-state index in [0.29, 0.717) is 0 Å². The Kier molecular flexibility index (Phi) is 2.40. The summed E-state index contributed by atoms with van der Waals surface area (Å²) in [6.07, 6.45) is 11.0. The first-order valence-electron chi connectivity index (χ1n) is 7.68. The summed E-state index contributed by atoms with van der Waals surface area (Å²) >= 11 is 0. The summed E-state index contributed by atoms with van der Waals surface area (Å²) in [5.41, 5.74) is 0. The van der Waals surface area contributed by atoms with Crippen molar-refractivity contribution >= 4 is 0 Å². The van der Waals surface area contributed by atoms with Crippen LogP contribution in [0.3, 0.4) is 0 Å². The van der Waals surface area contributed by atoms with Crippen LogP contribution in [0.5, 0.6) is 0 Å². The molecule has 0 aromatic rings. The molecule has 0 aromatic heterocycles. The molecule has 2 saturated carbocycles. The molecule has 1 aliphatic heterocycles. The molecule has 1 nitrogen and oxygen atoms in total. The van der Waals surface area contributed by atoms with E-state index in [1.807, 2.05) is 0 Å². The second-order valence-electron chi connectivity index (χ2n) is 7.36. The zero-order chi connectivity index (χ0) is 11.4. The summed E-state index contributed by atoms with van der Waals surface area (Å²) in [6.45, 7) is 6.70. The smallest absolute Gasteiger partial charge is 0.00157 e. The molecule has 1 heterocycles. The molecule has 0 aromatic carbocycles. The summed E-state index contributed by atoms with van der Waals surface area (Å²) in [5.74, 6) is 6.02. The van der Waals surface area contributed by atoms with Gasteiger partial charge in [-0.3, -0.25) is 0 Å². The first-order valence-corrected chi connectivity index (χ1v) is 7.68. The van der Waals surface area contributed by atoms with E-state index in [2.05, 4.69) is 24.0 Å². The minimum Gasteiger partial charge on any atom is -0.302 e. The number of allylic oxidation sites excluding steroid dienone is 2. The van der Waals surface area contributed by atoms with Crippen molar-refractivity contribution in [3.8, 4) is 0 Å². The molecule has 2 bridgehead atoms. The molecule has 3 aliphatic carbocycles. The first kappa shape index (κ1) is 10.6. The highest BCUT2D eigenvalue weighted by atomic mass is 15.2. The Labute approximate surface area is 105 Å². The molecular weight excluding hydrogens is 206 g/mol. The van der Waals surface area contributed by atoms with Crippen LogP contribution in [0.1, 0.15) is 32.6 Å². The van der Waals surface area contributed by atoms with Crippen LogP contribution in [-0.2, 0) is 0 Å². The van der Waals surface area contributed by atoms with Crippen molar-refractivity contribution < 1.29 is 0 Å². The second-order valence-corrected chi connectivity index (χ2v) is 7.36. The van der Waals surface area contributed by atoms with E-state index in [1.54, 1.807) is 0 Å². The van der Waals surface area contributed by atoms with Crippen LogP contribution in [0.2, 0.25) is 0 Å². The van der Waals surface area contributed by atoms with Gasteiger partial charge in [0.05, 0.1) is 0 Å². The fraction of sp³-hybridized carbons (Fsp3) is 0.875. The highest BCUT2D eigenvalue weighted by Gasteiger charge is 2.42. The van der Waals surface area contributed by atoms with E-state index in [1.165, 1.54) is 45.3 Å². The minimum atomic E-state index is 0.944. The molecule has 4 unspecified atom stereocenters. The fourth-order valence-electron chi connectivity index (χ4n) is 5.29. The van der Waals surface area contributed by atoms with Gasteiger partial charge in [-0.25, -0.2) is 0 Å². The third-order valence-electron chi connectivity index (χ3n) is 5.97. The van der Waals surface area contributed by atoms with E-state index < -0.39 is 0 Å². The summed E-state index contributed by atoms with van der Waals surface area (Å²) in [4.78, 5) is 2.81. The van der Waals surface area contributed by atoms with Crippen LogP contribution >= 0.6 is 0 Å². The SMILES string of the molecule is CC1C[C@@H]2CN(CC3CC4C=CC3C4)C[C@@H]2C1. The van der Waals surface area contributed by atoms with E-state index in [-0.39, 0.29) is 0 Å². The molecular formula is C16H25N. The molecule has 4 rings (SSSR count). The van der Waals surface area contributed by atoms with Gasteiger partial charge in [0.15, 0.2) is 0 Å². The van der Waals surface area contributed by atoms with E-state index in [4.69, 9.17) is 0 Å². The largest absolute Gasteiger partial charge is 0.302 e. The summed E-state index contributed by atoms with van der Waals surface area (Å²) in [7, 11) is 0. The van der Waals surface area contributed by atoms with Crippen molar-refractivity contribution in [1.82, 2.24) is 4.90 Å². The Bertz CT molecular complexity index is 320. The van der Waals surface area contributed by atoms with E-state index >= 15 is 0 Å². The van der Waals surface area contributed by atoms with Crippen LogP contribution in [0.4, 0.5) is 0 Å². The van der Waals surface area contributed by atoms with Gasteiger partial charge in [0.2, 0.25) is 0 Å². The standard InChI is InChI=1S/C16H25N/c1-11-4-14-8-17(9-15(14)5-11)10-16-7-12-2-3-13(16)6-12/h2-3,11-16H,4-10H2,1H3/t11?,12?,13?,14-,15+,16?. The van der Waals surface area contributed by atoms with E-state index in [9.17, 15) is 0 Å². The molecule has 0 amide bonds. The monoisotopic (exact) mass is 231 g/mol. The fourth-order valence-corrected chi connectivity index (χ4v) is 5.29. The van der Waals surface area contributed by atoms with Crippen LogP contribution in [0, 0.1) is 35.5 Å². The van der Waals surface area contributed by atoms with Crippen molar-refractivity contribution in [3.63, 3.8) is 0 Å². The molecule has 0 spiro atoms. The molecule has 17 heavy (non-hydrogen) atoms. The maximum absolute atomic E-state index is 2.81. The van der Waals surface area contributed by atoms with Crippen molar-refractivity contribution in [2.75, 3.05) is 19.6 Å². The van der Waals surface area contributed by atoms with Crippen molar-refractivity contribution in [2.45, 2.75) is 32.6 Å². The number of fused-ring (bicyclic) bond motifs is 3. The van der Waals surface area contributed by atoms with Crippen molar-refractivity contribution in [1.29, 1.82) is 0 Å². The van der Waals surface area contributed by atoms with Crippen LogP contribution in [0.25, 0.3) is 0 Å². The third kappa shape index (κ3) is 1.78. The lowest BCUT2D eigenvalue weighted by Gasteiger charge is -2.25. The van der Waals surface area contributed by atoms with Gasteiger partial charge in [-0.2, -0.15) is 0 Å². The van der Waals surface area contributed by atoms with Gasteiger partial charge in [0, 0.05) is 19.6 Å². The average Bonchev–Trinajstić information content (AvgIpc) is 2.97. The van der Waals surface area contributed by atoms with Gasteiger partial charge >= 0.3 is 0 Å². The normalized spacial score (nSPS) is 52.5. The van der Waals surface area contributed by atoms with Gasteiger partial charge < -0.3 is 4.90 Å². The third-order valence-corrected chi connectivity index (χ3v) is 5.97. The molecule has 0 radical (unpaired) electrons. The highest BCUT2D eigenvalue weighted by molar-refractivity contribution is 5.10. The molecule has 1 heteroatoms. The zero-order valence-electron chi connectivity index (χ0n) is 11.0. The molecule has 6 atom stereocenters. The summed E-state index contributed by atoms with van der Waals surface area (Å²) in [6, 6.07) is 0. The van der Waals surface area contributed by atoms with Crippen LogP contribution < -0.4 is 0 Å². The Morgan fingerprint density at radius 1 is 1.00 bits per heavy atom. The summed E-state index contributed by atoms with van der Waals surface area (Å²) in [5, 5.41) is 0. The number of nitrogens with zero attached hydrogens (tertiary/aromatic N) is 1. The quantitative estimate of drug-likeness (QED) is 0.660. The topological polar surface area (TPSA) is 3.24 Å². The predicted molar refractivity (Wildman–Crippen MR) is 70.7 cm³/mol. The lowest BCUT2D eigenvalue weighted by Crippen LogP contribution is -2.30. The zero-order valence-corrected chi connectivity index (χ0v) is 11.0. The Morgan fingerprint density at radius 2 is 1.76 bits per heavy atom. The van der Waals surface area contributed by atoms with Crippen LogP contribution in [0.15, 0.2) is 12.2 Å². The lowest BCUT2D eigenvalue weighted by molar-refractivity contribution is 0.235. The second kappa shape index (κ2) is 3.85. The molecule has 94 valence electrons. The van der Waals surface area contributed by atoms with Gasteiger partial charge in [0.1, 0.15) is 0 Å². The van der Waals surface area contributed by atoms with Gasteiger partial charge in [-0.15, -0.1) is 0 Å². The van der Waals surface area contributed by atoms with Crippen LogP contribution in [-0.4, -0.2) is 24.5 Å². The number of hydrogen-bond acceptors (Lipinski definition) is 1. The van der Waals surface area contributed by atoms with Crippen molar-refractivity contribution in [2.24, 2.45) is 35.5 Å². The highest BCUT2D eigenvalue weighted by Crippen LogP contribution is 2.46.